The Kier molecular flexibility index (Phi) is 5.20. The fraction of sp³-hybridized carbons (Fsp3) is 0.500. The van der Waals surface area contributed by atoms with Crippen LogP contribution in [0.3, 0.4) is 0 Å². The molecule has 0 radical (unpaired) electrons. The Labute approximate surface area is 95.0 Å². The molecule has 2 heteroatoms. The van der Waals surface area contributed by atoms with Gasteiger partial charge >= 0.3 is 0 Å². The summed E-state index contributed by atoms with van der Waals surface area (Å²) in [4.78, 5) is 0. The maximum Gasteiger partial charge on any atom is 0.0207 e. The predicted molar refractivity (Wildman–Crippen MR) is 65.9 cm³/mol. The zero-order valence-corrected chi connectivity index (χ0v) is 10.5. The molecule has 0 saturated heterocycles. The molecule has 0 bridgehead atoms. The second kappa shape index (κ2) is 6.20. The molecule has 14 heavy (non-hydrogen) atoms. The standard InChI is InChI=1S/C12H18BrN/c1-10-3-5-12(6-4-10)9-14-11(2)7-8-13/h3-6,11,14H,7-9H2,1-2H3. The van der Waals surface area contributed by atoms with Crippen LogP contribution in [0.4, 0.5) is 0 Å². The summed E-state index contributed by atoms with van der Waals surface area (Å²) in [6, 6.07) is 9.26. The summed E-state index contributed by atoms with van der Waals surface area (Å²) < 4.78 is 0. The van der Waals surface area contributed by atoms with Crippen LogP contribution in [-0.4, -0.2) is 11.4 Å². The summed E-state index contributed by atoms with van der Waals surface area (Å²) >= 11 is 3.45. The molecule has 0 aromatic heterocycles. The lowest BCUT2D eigenvalue weighted by Gasteiger charge is -2.12. The van der Waals surface area contributed by atoms with Gasteiger partial charge < -0.3 is 5.32 Å². The summed E-state index contributed by atoms with van der Waals surface area (Å²) in [6.07, 6.45) is 1.17. The third-order valence-electron chi connectivity index (χ3n) is 2.32. The van der Waals surface area contributed by atoms with E-state index in [0.29, 0.717) is 6.04 Å². The summed E-state index contributed by atoms with van der Waals surface area (Å²) in [7, 11) is 0. The Morgan fingerprint density at radius 3 is 2.50 bits per heavy atom. The van der Waals surface area contributed by atoms with Gasteiger partial charge in [0, 0.05) is 17.9 Å². The summed E-state index contributed by atoms with van der Waals surface area (Å²) in [5, 5.41) is 4.55. The van der Waals surface area contributed by atoms with Crippen molar-refractivity contribution in [3.63, 3.8) is 0 Å². The van der Waals surface area contributed by atoms with Crippen molar-refractivity contribution in [3.05, 3.63) is 35.4 Å². The van der Waals surface area contributed by atoms with E-state index in [9.17, 15) is 0 Å². The number of nitrogens with one attached hydrogen (secondary N) is 1. The van der Waals surface area contributed by atoms with E-state index in [4.69, 9.17) is 0 Å². The predicted octanol–water partition coefficient (Wildman–Crippen LogP) is 3.26. The zero-order chi connectivity index (χ0) is 10.4. The summed E-state index contributed by atoms with van der Waals surface area (Å²) in [6.45, 7) is 5.30. The third kappa shape index (κ3) is 4.25. The number of alkyl halides is 1. The lowest BCUT2D eigenvalue weighted by Crippen LogP contribution is -2.25. The van der Waals surface area contributed by atoms with Crippen molar-refractivity contribution < 1.29 is 0 Å². The Balaban J connectivity index is 2.34. The summed E-state index contributed by atoms with van der Waals surface area (Å²) in [5.74, 6) is 0. The number of benzene rings is 1. The highest BCUT2D eigenvalue weighted by molar-refractivity contribution is 9.09. The van der Waals surface area contributed by atoms with E-state index in [2.05, 4.69) is 59.4 Å². The molecule has 1 aromatic rings. The first-order valence-electron chi connectivity index (χ1n) is 5.07. The van der Waals surface area contributed by atoms with E-state index in [0.717, 1.165) is 11.9 Å². The van der Waals surface area contributed by atoms with E-state index < -0.39 is 0 Å². The summed E-state index contributed by atoms with van der Waals surface area (Å²) in [5.41, 5.74) is 2.68. The molecule has 0 heterocycles. The van der Waals surface area contributed by atoms with Gasteiger partial charge in [0.2, 0.25) is 0 Å². The number of hydrogen-bond donors (Lipinski definition) is 1. The van der Waals surface area contributed by atoms with E-state index in [-0.39, 0.29) is 0 Å². The highest BCUT2D eigenvalue weighted by Gasteiger charge is 1.99. The normalized spacial score (nSPS) is 12.8. The van der Waals surface area contributed by atoms with Crippen molar-refractivity contribution in [2.75, 3.05) is 5.33 Å². The fourth-order valence-corrected chi connectivity index (χ4v) is 1.95. The first-order valence-corrected chi connectivity index (χ1v) is 6.19. The molecule has 0 amide bonds. The largest absolute Gasteiger partial charge is 0.310 e. The van der Waals surface area contributed by atoms with Gasteiger partial charge in [0.15, 0.2) is 0 Å². The van der Waals surface area contributed by atoms with E-state index in [1.54, 1.807) is 0 Å². The molecule has 0 aliphatic carbocycles. The number of aryl methyl sites for hydroxylation is 1. The molecule has 0 aliphatic heterocycles. The maximum absolute atomic E-state index is 3.49. The molecule has 1 atom stereocenters. The smallest absolute Gasteiger partial charge is 0.0207 e. The van der Waals surface area contributed by atoms with Crippen LogP contribution in [-0.2, 0) is 6.54 Å². The Morgan fingerprint density at radius 2 is 1.93 bits per heavy atom. The van der Waals surface area contributed by atoms with Crippen molar-refractivity contribution in [1.82, 2.24) is 5.32 Å². The van der Waals surface area contributed by atoms with Gasteiger partial charge in [-0.25, -0.2) is 0 Å². The van der Waals surface area contributed by atoms with Crippen LogP contribution in [0, 0.1) is 6.92 Å². The lowest BCUT2D eigenvalue weighted by atomic mass is 10.1. The SMILES string of the molecule is Cc1ccc(CNC(C)CCBr)cc1. The average molecular weight is 256 g/mol. The molecule has 78 valence electrons. The highest BCUT2D eigenvalue weighted by atomic mass is 79.9. The van der Waals surface area contributed by atoms with E-state index >= 15 is 0 Å². The zero-order valence-electron chi connectivity index (χ0n) is 8.89. The second-order valence-corrected chi connectivity index (χ2v) is 4.54. The van der Waals surface area contributed by atoms with Gasteiger partial charge in [-0.1, -0.05) is 45.8 Å². The van der Waals surface area contributed by atoms with Crippen LogP contribution < -0.4 is 5.32 Å². The Bertz CT molecular complexity index is 256. The molecule has 1 rings (SSSR count). The molecule has 0 fully saturated rings. The van der Waals surface area contributed by atoms with Crippen molar-refractivity contribution >= 4 is 15.9 Å². The monoisotopic (exact) mass is 255 g/mol. The van der Waals surface area contributed by atoms with Crippen molar-refractivity contribution in [2.45, 2.75) is 32.9 Å². The lowest BCUT2D eigenvalue weighted by molar-refractivity contribution is 0.538. The first kappa shape index (κ1) is 11.7. The second-order valence-electron chi connectivity index (χ2n) is 3.75. The molecule has 1 N–H and O–H groups in total. The van der Waals surface area contributed by atoms with Crippen molar-refractivity contribution in [1.29, 1.82) is 0 Å². The number of hydrogen-bond acceptors (Lipinski definition) is 1. The van der Waals surface area contributed by atoms with Crippen LogP contribution in [0.1, 0.15) is 24.5 Å². The van der Waals surface area contributed by atoms with E-state index in [1.807, 2.05) is 0 Å². The van der Waals surface area contributed by atoms with Gasteiger partial charge in [0.1, 0.15) is 0 Å². The maximum atomic E-state index is 3.49. The minimum atomic E-state index is 0.579. The minimum Gasteiger partial charge on any atom is -0.310 e. The minimum absolute atomic E-state index is 0.579. The molecule has 0 spiro atoms. The molecular formula is C12H18BrN. The van der Waals surface area contributed by atoms with Crippen LogP contribution in [0.15, 0.2) is 24.3 Å². The molecule has 1 unspecified atom stereocenters. The Morgan fingerprint density at radius 1 is 1.29 bits per heavy atom. The van der Waals surface area contributed by atoms with Crippen LogP contribution >= 0.6 is 15.9 Å². The fourth-order valence-electron chi connectivity index (χ4n) is 1.26. The molecular weight excluding hydrogens is 238 g/mol. The highest BCUT2D eigenvalue weighted by Crippen LogP contribution is 2.03. The van der Waals surface area contributed by atoms with Crippen LogP contribution in [0.25, 0.3) is 0 Å². The third-order valence-corrected chi connectivity index (χ3v) is 2.78. The molecule has 1 nitrogen and oxygen atoms in total. The van der Waals surface area contributed by atoms with Crippen molar-refractivity contribution in [3.8, 4) is 0 Å². The Hall–Kier alpha value is -0.340. The van der Waals surface area contributed by atoms with Gasteiger partial charge in [-0.2, -0.15) is 0 Å². The first-order chi connectivity index (χ1) is 6.72. The quantitative estimate of drug-likeness (QED) is 0.797. The van der Waals surface area contributed by atoms with Gasteiger partial charge in [0.25, 0.3) is 0 Å². The molecule has 0 aliphatic rings. The van der Waals surface area contributed by atoms with E-state index in [1.165, 1.54) is 17.5 Å². The van der Waals surface area contributed by atoms with Gasteiger partial charge in [-0.05, 0) is 25.8 Å². The van der Waals surface area contributed by atoms with Crippen LogP contribution in [0.2, 0.25) is 0 Å². The van der Waals surface area contributed by atoms with Gasteiger partial charge in [-0.15, -0.1) is 0 Å². The van der Waals surface area contributed by atoms with Crippen molar-refractivity contribution in [2.24, 2.45) is 0 Å². The molecule has 0 saturated carbocycles. The average Bonchev–Trinajstić information content (AvgIpc) is 2.17. The van der Waals surface area contributed by atoms with Gasteiger partial charge in [0.05, 0.1) is 0 Å². The number of halogens is 1. The molecule has 1 aromatic carbocycles. The van der Waals surface area contributed by atoms with Crippen LogP contribution in [0.5, 0.6) is 0 Å². The topological polar surface area (TPSA) is 12.0 Å². The van der Waals surface area contributed by atoms with Gasteiger partial charge in [-0.3, -0.25) is 0 Å². The number of rotatable bonds is 5.